The van der Waals surface area contributed by atoms with E-state index in [2.05, 4.69) is 36.3 Å². The number of ether oxygens (including phenoxy) is 1. The Labute approximate surface area is 186 Å². The Hall–Kier alpha value is -0.930. The molecule has 0 aliphatic carbocycles. The van der Waals surface area contributed by atoms with E-state index in [-0.39, 0.29) is 35.9 Å². The first-order valence-corrected chi connectivity index (χ1v) is 10.1. The number of likely N-dealkylation sites (tertiary alicyclic amines) is 1. The Morgan fingerprint density at radius 3 is 2.43 bits per heavy atom. The van der Waals surface area contributed by atoms with Crippen LogP contribution in [0.1, 0.15) is 45.3 Å². The fourth-order valence-electron chi connectivity index (χ4n) is 3.46. The number of benzene rings is 1. The molecule has 5 nitrogen and oxygen atoms in total. The zero-order valence-corrected chi connectivity index (χ0v) is 19.9. The molecule has 1 fully saturated rings. The number of nitrogens with zero attached hydrogens (tertiary/aromatic N) is 2. The first-order valence-electron chi connectivity index (χ1n) is 10.1. The number of halogens is 2. The van der Waals surface area contributed by atoms with E-state index in [0.29, 0.717) is 18.5 Å². The lowest BCUT2D eigenvalue weighted by molar-refractivity contribution is 0.110. The minimum atomic E-state index is -0.240. The van der Waals surface area contributed by atoms with Gasteiger partial charge in [0.05, 0.1) is 6.54 Å². The summed E-state index contributed by atoms with van der Waals surface area (Å²) in [5.74, 6) is 1.30. The van der Waals surface area contributed by atoms with Gasteiger partial charge in [0.15, 0.2) is 5.96 Å². The second kappa shape index (κ2) is 13.3. The quantitative estimate of drug-likeness (QED) is 0.320. The third-order valence-corrected chi connectivity index (χ3v) is 4.84. The smallest absolute Gasteiger partial charge is 0.191 e. The lowest BCUT2D eigenvalue weighted by atomic mass is 10.0. The van der Waals surface area contributed by atoms with E-state index in [0.717, 1.165) is 44.0 Å². The summed E-state index contributed by atoms with van der Waals surface area (Å²) in [5.41, 5.74) is 0.931. The highest BCUT2D eigenvalue weighted by molar-refractivity contribution is 14.0. The van der Waals surface area contributed by atoms with Crippen molar-refractivity contribution in [3.8, 4) is 0 Å². The molecule has 28 heavy (non-hydrogen) atoms. The lowest BCUT2D eigenvalue weighted by Crippen LogP contribution is -2.49. The molecule has 7 heteroatoms. The zero-order valence-electron chi connectivity index (χ0n) is 17.6. The van der Waals surface area contributed by atoms with Crippen molar-refractivity contribution < 1.29 is 9.13 Å². The van der Waals surface area contributed by atoms with E-state index in [4.69, 9.17) is 9.73 Å². The van der Waals surface area contributed by atoms with Crippen molar-refractivity contribution in [3.63, 3.8) is 0 Å². The average Bonchev–Trinajstić information content (AvgIpc) is 2.65. The Kier molecular flexibility index (Phi) is 11.9. The summed E-state index contributed by atoms with van der Waals surface area (Å²) in [6, 6.07) is 6.87. The van der Waals surface area contributed by atoms with Gasteiger partial charge < -0.3 is 20.3 Å². The maximum atomic E-state index is 13.1. The number of rotatable bonds is 8. The molecule has 1 unspecified atom stereocenters. The van der Waals surface area contributed by atoms with Crippen molar-refractivity contribution in [1.29, 1.82) is 0 Å². The normalized spacial score (nSPS) is 17.3. The van der Waals surface area contributed by atoms with Gasteiger partial charge in [-0.15, -0.1) is 24.0 Å². The molecule has 0 bridgehead atoms. The van der Waals surface area contributed by atoms with Crippen LogP contribution in [0.3, 0.4) is 0 Å². The number of methoxy groups -OCH3 is 1. The van der Waals surface area contributed by atoms with Crippen LogP contribution in [0.15, 0.2) is 29.3 Å². The van der Waals surface area contributed by atoms with Gasteiger partial charge in [-0.2, -0.15) is 0 Å². The molecule has 0 radical (unpaired) electrons. The van der Waals surface area contributed by atoms with Crippen LogP contribution in [0.2, 0.25) is 0 Å². The fourth-order valence-corrected chi connectivity index (χ4v) is 3.46. The highest BCUT2D eigenvalue weighted by atomic mass is 127. The van der Waals surface area contributed by atoms with Crippen molar-refractivity contribution in [2.75, 3.05) is 39.8 Å². The van der Waals surface area contributed by atoms with Gasteiger partial charge >= 0.3 is 0 Å². The summed E-state index contributed by atoms with van der Waals surface area (Å²) in [5, 5.41) is 6.89. The Morgan fingerprint density at radius 2 is 1.89 bits per heavy atom. The largest absolute Gasteiger partial charge is 0.375 e. The van der Waals surface area contributed by atoms with Crippen molar-refractivity contribution in [2.45, 2.75) is 45.8 Å². The van der Waals surface area contributed by atoms with Crippen molar-refractivity contribution in [2.24, 2.45) is 10.9 Å². The molecule has 1 saturated heterocycles. The van der Waals surface area contributed by atoms with Crippen LogP contribution < -0.4 is 10.6 Å². The molecule has 0 spiro atoms. The third kappa shape index (κ3) is 8.61. The number of hydrogen-bond acceptors (Lipinski definition) is 3. The standard InChI is InChI=1S/C21H35FN4O.HI/c1-5-23-21(25-19-10-12-26(13-11-19)15-16(2)3)24-14-20(27-4)17-6-8-18(22)9-7-17;/h6-9,16,19-20H,5,10-15H2,1-4H3,(H2,23,24,25);1H. The first kappa shape index (κ1) is 25.1. The number of piperidine rings is 1. The number of nitrogens with one attached hydrogen (secondary N) is 2. The number of hydrogen-bond donors (Lipinski definition) is 2. The summed E-state index contributed by atoms with van der Waals surface area (Å²) >= 11 is 0. The molecule has 2 rings (SSSR count). The Morgan fingerprint density at radius 1 is 1.25 bits per heavy atom. The van der Waals surface area contributed by atoms with Crippen LogP contribution in [0.25, 0.3) is 0 Å². The summed E-state index contributed by atoms with van der Waals surface area (Å²) < 4.78 is 18.7. The predicted octanol–water partition coefficient (Wildman–Crippen LogP) is 3.81. The van der Waals surface area contributed by atoms with Crippen LogP contribution >= 0.6 is 24.0 Å². The highest BCUT2D eigenvalue weighted by Gasteiger charge is 2.20. The molecule has 1 aromatic rings. The van der Waals surface area contributed by atoms with Crippen molar-refractivity contribution in [1.82, 2.24) is 15.5 Å². The predicted molar refractivity (Wildman–Crippen MR) is 125 cm³/mol. The summed E-state index contributed by atoms with van der Waals surface area (Å²) in [6.45, 7) is 11.3. The SMILES string of the molecule is CCNC(=NCC(OC)c1ccc(F)cc1)NC1CCN(CC(C)C)CC1.I. The van der Waals surface area contributed by atoms with Gasteiger partial charge in [0.1, 0.15) is 11.9 Å². The average molecular weight is 506 g/mol. The van der Waals surface area contributed by atoms with Gasteiger partial charge in [-0.1, -0.05) is 26.0 Å². The minimum absolute atomic E-state index is 0. The van der Waals surface area contributed by atoms with E-state index >= 15 is 0 Å². The van der Waals surface area contributed by atoms with Crippen LogP contribution in [-0.4, -0.2) is 56.7 Å². The van der Waals surface area contributed by atoms with E-state index in [1.54, 1.807) is 19.2 Å². The summed E-state index contributed by atoms with van der Waals surface area (Å²) in [7, 11) is 1.66. The van der Waals surface area contributed by atoms with E-state index in [1.807, 2.05) is 0 Å². The van der Waals surface area contributed by atoms with Crippen LogP contribution in [0, 0.1) is 11.7 Å². The maximum Gasteiger partial charge on any atom is 0.191 e. The van der Waals surface area contributed by atoms with Gasteiger partial charge in [0.25, 0.3) is 0 Å². The molecule has 0 saturated carbocycles. The molecule has 2 N–H and O–H groups in total. The van der Waals surface area contributed by atoms with Gasteiger partial charge in [0.2, 0.25) is 0 Å². The second-order valence-corrected chi connectivity index (χ2v) is 7.61. The van der Waals surface area contributed by atoms with Crippen molar-refractivity contribution >= 4 is 29.9 Å². The monoisotopic (exact) mass is 506 g/mol. The second-order valence-electron chi connectivity index (χ2n) is 7.61. The molecular formula is C21H36FIN4O. The number of guanidine groups is 1. The molecule has 1 atom stereocenters. The van der Waals surface area contributed by atoms with Gasteiger partial charge in [0, 0.05) is 39.3 Å². The van der Waals surface area contributed by atoms with Crippen LogP contribution in [0.4, 0.5) is 4.39 Å². The van der Waals surface area contributed by atoms with Crippen LogP contribution in [0.5, 0.6) is 0 Å². The molecule has 1 heterocycles. The molecule has 1 aromatic carbocycles. The first-order chi connectivity index (χ1) is 13.0. The molecule has 0 amide bonds. The zero-order chi connectivity index (χ0) is 19.6. The van der Waals surface area contributed by atoms with Crippen LogP contribution in [-0.2, 0) is 4.74 Å². The lowest BCUT2D eigenvalue weighted by Gasteiger charge is -2.34. The Balaban J connectivity index is 0.00000392. The molecule has 0 aromatic heterocycles. The van der Waals surface area contributed by atoms with E-state index in [9.17, 15) is 4.39 Å². The molecular weight excluding hydrogens is 470 g/mol. The third-order valence-electron chi connectivity index (χ3n) is 4.84. The fraction of sp³-hybridized carbons (Fsp3) is 0.667. The van der Waals surface area contributed by atoms with E-state index < -0.39 is 0 Å². The van der Waals surface area contributed by atoms with Gasteiger partial charge in [-0.25, -0.2) is 4.39 Å². The highest BCUT2D eigenvalue weighted by Crippen LogP contribution is 2.17. The van der Waals surface area contributed by atoms with Gasteiger partial charge in [-0.3, -0.25) is 4.99 Å². The number of aliphatic imine (C=N–C) groups is 1. The van der Waals surface area contributed by atoms with E-state index in [1.165, 1.54) is 18.7 Å². The molecule has 1 aliphatic heterocycles. The summed E-state index contributed by atoms with van der Waals surface area (Å²) in [4.78, 5) is 7.25. The van der Waals surface area contributed by atoms with Gasteiger partial charge in [-0.05, 0) is 43.4 Å². The summed E-state index contributed by atoms with van der Waals surface area (Å²) in [6.07, 6.45) is 2.07. The van der Waals surface area contributed by atoms with Crippen molar-refractivity contribution in [3.05, 3.63) is 35.6 Å². The minimum Gasteiger partial charge on any atom is -0.375 e. The maximum absolute atomic E-state index is 13.1. The molecule has 1 aliphatic rings. The Bertz CT molecular complexity index is 574. The molecule has 160 valence electrons. The topological polar surface area (TPSA) is 48.9 Å².